The molecular weight excluding hydrogens is 241 g/mol. The molecule has 0 bridgehead atoms. The molecule has 2 aromatic carbocycles. The van der Waals surface area contributed by atoms with Gasteiger partial charge in [0.05, 0.1) is 6.61 Å². The topological polar surface area (TPSA) is 35.2 Å². The standard InChI is InChI=1S/C16H18FNO/c1-3-19-14-6-4-5-13(9-14)15-10-12(11(2)18)7-8-16(15)17/h4-11H,3,18H2,1-2H3. The van der Waals surface area contributed by atoms with Gasteiger partial charge < -0.3 is 10.5 Å². The second-order valence-electron chi connectivity index (χ2n) is 4.49. The monoisotopic (exact) mass is 259 g/mol. The zero-order valence-electron chi connectivity index (χ0n) is 11.2. The van der Waals surface area contributed by atoms with Crippen LogP contribution in [0.5, 0.6) is 5.75 Å². The Bertz CT molecular complexity index is 566. The van der Waals surface area contributed by atoms with E-state index in [0.717, 1.165) is 16.9 Å². The second kappa shape index (κ2) is 5.85. The minimum atomic E-state index is -0.252. The van der Waals surface area contributed by atoms with E-state index in [1.807, 2.05) is 38.1 Å². The molecule has 3 heteroatoms. The predicted octanol–water partition coefficient (Wildman–Crippen LogP) is 3.91. The van der Waals surface area contributed by atoms with Crippen molar-refractivity contribution in [2.24, 2.45) is 5.73 Å². The lowest BCUT2D eigenvalue weighted by Crippen LogP contribution is -2.05. The Balaban J connectivity index is 2.45. The first-order valence-corrected chi connectivity index (χ1v) is 6.40. The third-order valence-electron chi connectivity index (χ3n) is 2.97. The molecule has 0 aliphatic carbocycles. The quantitative estimate of drug-likeness (QED) is 0.903. The molecular formula is C16H18FNO. The van der Waals surface area contributed by atoms with Gasteiger partial charge in [0.2, 0.25) is 0 Å². The van der Waals surface area contributed by atoms with Crippen molar-refractivity contribution in [2.45, 2.75) is 19.9 Å². The van der Waals surface area contributed by atoms with Gasteiger partial charge in [0.15, 0.2) is 0 Å². The molecule has 1 unspecified atom stereocenters. The van der Waals surface area contributed by atoms with E-state index >= 15 is 0 Å². The van der Waals surface area contributed by atoms with Crippen molar-refractivity contribution in [3.63, 3.8) is 0 Å². The third-order valence-corrected chi connectivity index (χ3v) is 2.97. The van der Waals surface area contributed by atoms with Gasteiger partial charge in [0.25, 0.3) is 0 Å². The number of rotatable bonds is 4. The van der Waals surface area contributed by atoms with Gasteiger partial charge in [-0.1, -0.05) is 18.2 Å². The highest BCUT2D eigenvalue weighted by molar-refractivity contribution is 5.66. The van der Waals surface area contributed by atoms with Gasteiger partial charge in [0, 0.05) is 11.6 Å². The molecule has 2 nitrogen and oxygen atoms in total. The van der Waals surface area contributed by atoms with Crippen LogP contribution < -0.4 is 10.5 Å². The molecule has 0 spiro atoms. The molecule has 0 aliphatic rings. The van der Waals surface area contributed by atoms with Gasteiger partial charge >= 0.3 is 0 Å². The minimum Gasteiger partial charge on any atom is -0.494 e. The summed E-state index contributed by atoms with van der Waals surface area (Å²) in [5.74, 6) is 0.489. The molecule has 0 saturated heterocycles. The summed E-state index contributed by atoms with van der Waals surface area (Å²) in [6.45, 7) is 4.39. The smallest absolute Gasteiger partial charge is 0.131 e. The predicted molar refractivity (Wildman–Crippen MR) is 75.6 cm³/mol. The average Bonchev–Trinajstić information content (AvgIpc) is 2.39. The molecule has 0 radical (unpaired) electrons. The van der Waals surface area contributed by atoms with E-state index < -0.39 is 0 Å². The van der Waals surface area contributed by atoms with E-state index in [4.69, 9.17) is 10.5 Å². The Morgan fingerprint density at radius 2 is 2.00 bits per heavy atom. The van der Waals surface area contributed by atoms with E-state index in [1.165, 1.54) is 6.07 Å². The number of hydrogen-bond donors (Lipinski definition) is 1. The highest BCUT2D eigenvalue weighted by atomic mass is 19.1. The van der Waals surface area contributed by atoms with Crippen molar-refractivity contribution >= 4 is 0 Å². The summed E-state index contributed by atoms with van der Waals surface area (Å²) in [6, 6.07) is 12.3. The molecule has 0 heterocycles. The van der Waals surface area contributed by atoms with Crippen LogP contribution in [0.4, 0.5) is 4.39 Å². The number of halogens is 1. The highest BCUT2D eigenvalue weighted by Gasteiger charge is 2.09. The number of hydrogen-bond acceptors (Lipinski definition) is 2. The summed E-state index contributed by atoms with van der Waals surface area (Å²) in [7, 11) is 0. The van der Waals surface area contributed by atoms with Crippen LogP contribution in [-0.4, -0.2) is 6.61 Å². The Kier molecular flexibility index (Phi) is 4.17. The molecule has 0 amide bonds. The molecule has 0 fully saturated rings. The Hall–Kier alpha value is -1.87. The molecule has 2 aromatic rings. The van der Waals surface area contributed by atoms with Gasteiger partial charge in [0.1, 0.15) is 11.6 Å². The normalized spacial score (nSPS) is 12.2. The van der Waals surface area contributed by atoms with E-state index in [9.17, 15) is 4.39 Å². The summed E-state index contributed by atoms with van der Waals surface area (Å²) < 4.78 is 19.4. The minimum absolute atomic E-state index is 0.116. The molecule has 2 N–H and O–H groups in total. The molecule has 2 rings (SSSR count). The molecule has 0 aromatic heterocycles. The first-order valence-electron chi connectivity index (χ1n) is 6.40. The van der Waals surface area contributed by atoms with Gasteiger partial charge in [-0.25, -0.2) is 4.39 Å². The van der Waals surface area contributed by atoms with Crippen LogP contribution in [0.3, 0.4) is 0 Å². The summed E-state index contributed by atoms with van der Waals surface area (Å²) in [4.78, 5) is 0. The van der Waals surface area contributed by atoms with Crippen molar-refractivity contribution in [3.05, 3.63) is 53.8 Å². The lowest BCUT2D eigenvalue weighted by Gasteiger charge is -2.11. The maximum Gasteiger partial charge on any atom is 0.131 e. The van der Waals surface area contributed by atoms with Crippen molar-refractivity contribution in [2.75, 3.05) is 6.61 Å². The van der Waals surface area contributed by atoms with Crippen molar-refractivity contribution < 1.29 is 9.13 Å². The summed E-state index contributed by atoms with van der Waals surface area (Å²) in [6.07, 6.45) is 0. The molecule has 0 saturated carbocycles. The highest BCUT2D eigenvalue weighted by Crippen LogP contribution is 2.28. The molecule has 1 atom stereocenters. The van der Waals surface area contributed by atoms with E-state index in [0.29, 0.717) is 12.2 Å². The first-order chi connectivity index (χ1) is 9.11. The number of benzene rings is 2. The molecule has 0 aliphatic heterocycles. The summed E-state index contributed by atoms with van der Waals surface area (Å²) in [5, 5.41) is 0. The van der Waals surface area contributed by atoms with E-state index in [1.54, 1.807) is 12.1 Å². The molecule has 19 heavy (non-hydrogen) atoms. The fourth-order valence-corrected chi connectivity index (χ4v) is 1.97. The van der Waals surface area contributed by atoms with Crippen LogP contribution in [-0.2, 0) is 0 Å². The van der Waals surface area contributed by atoms with Gasteiger partial charge in [-0.15, -0.1) is 0 Å². The van der Waals surface area contributed by atoms with Crippen LogP contribution in [0, 0.1) is 5.82 Å². The summed E-state index contributed by atoms with van der Waals surface area (Å²) >= 11 is 0. The van der Waals surface area contributed by atoms with Gasteiger partial charge in [-0.2, -0.15) is 0 Å². The van der Waals surface area contributed by atoms with Gasteiger partial charge in [-0.05, 0) is 49.2 Å². The van der Waals surface area contributed by atoms with Crippen LogP contribution in [0.25, 0.3) is 11.1 Å². The lowest BCUT2D eigenvalue weighted by atomic mass is 9.99. The zero-order chi connectivity index (χ0) is 13.8. The summed E-state index contributed by atoms with van der Waals surface area (Å²) in [5.41, 5.74) is 8.11. The van der Waals surface area contributed by atoms with Crippen LogP contribution in [0.1, 0.15) is 25.5 Å². The fourth-order valence-electron chi connectivity index (χ4n) is 1.97. The van der Waals surface area contributed by atoms with Crippen LogP contribution in [0.15, 0.2) is 42.5 Å². The van der Waals surface area contributed by atoms with Crippen LogP contribution in [0.2, 0.25) is 0 Å². The average molecular weight is 259 g/mol. The number of ether oxygens (including phenoxy) is 1. The third kappa shape index (κ3) is 3.12. The first kappa shape index (κ1) is 13.6. The van der Waals surface area contributed by atoms with Gasteiger partial charge in [-0.3, -0.25) is 0 Å². The van der Waals surface area contributed by atoms with Crippen molar-refractivity contribution in [3.8, 4) is 16.9 Å². The van der Waals surface area contributed by atoms with Crippen molar-refractivity contribution in [1.82, 2.24) is 0 Å². The fraction of sp³-hybridized carbons (Fsp3) is 0.250. The largest absolute Gasteiger partial charge is 0.494 e. The maximum atomic E-state index is 14.0. The van der Waals surface area contributed by atoms with E-state index in [2.05, 4.69) is 0 Å². The Morgan fingerprint density at radius 3 is 2.68 bits per heavy atom. The van der Waals surface area contributed by atoms with Crippen LogP contribution >= 0.6 is 0 Å². The number of nitrogens with two attached hydrogens (primary N) is 1. The molecule has 100 valence electrons. The second-order valence-corrected chi connectivity index (χ2v) is 4.49. The lowest BCUT2D eigenvalue weighted by molar-refractivity contribution is 0.340. The SMILES string of the molecule is CCOc1cccc(-c2cc(C(C)N)ccc2F)c1. The Labute approximate surface area is 113 Å². The Morgan fingerprint density at radius 1 is 1.21 bits per heavy atom. The maximum absolute atomic E-state index is 14.0. The van der Waals surface area contributed by atoms with Crippen molar-refractivity contribution in [1.29, 1.82) is 0 Å². The van der Waals surface area contributed by atoms with E-state index in [-0.39, 0.29) is 11.9 Å². The zero-order valence-corrected chi connectivity index (χ0v) is 11.2.